The normalized spacial score (nSPS) is 20.2. The maximum atomic E-state index is 6.25. The molecule has 2 aliphatic rings. The van der Waals surface area contributed by atoms with E-state index in [1.807, 2.05) is 0 Å². The molecule has 3 heterocycles. The molecular weight excluding hydrogens is 374 g/mol. The van der Waals surface area contributed by atoms with Crippen LogP contribution in [0.3, 0.4) is 0 Å². The summed E-state index contributed by atoms with van der Waals surface area (Å²) in [4.78, 5) is 9.94. The van der Waals surface area contributed by atoms with Gasteiger partial charge in [-0.1, -0.05) is 48.5 Å². The van der Waals surface area contributed by atoms with E-state index in [1.54, 1.807) is 0 Å². The molecule has 5 rings (SSSR count). The maximum absolute atomic E-state index is 6.25. The Labute approximate surface area is 178 Å². The summed E-state index contributed by atoms with van der Waals surface area (Å²) in [6.45, 7) is 5.33. The number of likely N-dealkylation sites (N-methyl/N-ethyl adjacent to an activating group) is 1. The lowest BCUT2D eigenvalue weighted by Crippen LogP contribution is -2.45. The monoisotopic (exact) mass is 403 g/mol. The minimum Gasteiger partial charge on any atom is -0.354 e. The number of anilines is 1. The Balaban J connectivity index is 1.65. The lowest BCUT2D eigenvalue weighted by atomic mass is 9.95. The average Bonchev–Trinajstić information content (AvgIpc) is 3.31. The van der Waals surface area contributed by atoms with Crippen molar-refractivity contribution in [3.8, 4) is 11.1 Å². The first-order valence-corrected chi connectivity index (χ1v) is 10.9. The van der Waals surface area contributed by atoms with Crippen LogP contribution in [0.15, 0.2) is 54.6 Å². The van der Waals surface area contributed by atoms with Crippen molar-refractivity contribution < 1.29 is 9.47 Å². The second-order valence-electron chi connectivity index (χ2n) is 8.22. The number of pyridine rings is 1. The molecule has 0 aliphatic carbocycles. The summed E-state index contributed by atoms with van der Waals surface area (Å²) in [5.41, 5.74) is 4.64. The van der Waals surface area contributed by atoms with Gasteiger partial charge in [-0.05, 0) is 25.1 Å². The van der Waals surface area contributed by atoms with E-state index in [0.29, 0.717) is 6.61 Å². The number of aromatic nitrogens is 1. The molecule has 1 atom stereocenters. The van der Waals surface area contributed by atoms with Crippen molar-refractivity contribution in [2.75, 3.05) is 44.7 Å². The fourth-order valence-corrected chi connectivity index (χ4v) is 4.45. The van der Waals surface area contributed by atoms with Gasteiger partial charge < -0.3 is 19.3 Å². The Hall–Kier alpha value is -2.47. The Bertz CT molecular complexity index is 994. The van der Waals surface area contributed by atoms with Gasteiger partial charge in [-0.25, -0.2) is 4.98 Å². The Kier molecular flexibility index (Phi) is 5.67. The van der Waals surface area contributed by atoms with Gasteiger partial charge >= 0.3 is 0 Å². The number of nitrogens with zero attached hydrogens (tertiary/aromatic N) is 3. The van der Waals surface area contributed by atoms with Gasteiger partial charge in [-0.3, -0.25) is 0 Å². The second kappa shape index (κ2) is 8.72. The molecule has 2 fully saturated rings. The molecule has 156 valence electrons. The molecule has 5 nitrogen and oxygen atoms in total. The highest BCUT2D eigenvalue weighted by Crippen LogP contribution is 2.37. The summed E-state index contributed by atoms with van der Waals surface area (Å²) in [6.07, 6.45) is 1.92. The van der Waals surface area contributed by atoms with Crippen molar-refractivity contribution in [1.29, 1.82) is 0 Å². The lowest BCUT2D eigenvalue weighted by Gasteiger charge is -2.35. The molecule has 30 heavy (non-hydrogen) atoms. The molecule has 1 unspecified atom stereocenters. The summed E-state index contributed by atoms with van der Waals surface area (Å²) in [5.74, 6) is 1.05. The highest BCUT2D eigenvalue weighted by molar-refractivity contribution is 5.98. The van der Waals surface area contributed by atoms with E-state index >= 15 is 0 Å². The number of piperazine rings is 1. The van der Waals surface area contributed by atoms with Crippen LogP contribution in [0, 0.1) is 0 Å². The molecule has 2 aromatic carbocycles. The Morgan fingerprint density at radius 3 is 2.53 bits per heavy atom. The highest BCUT2D eigenvalue weighted by atomic mass is 16.7. The van der Waals surface area contributed by atoms with Gasteiger partial charge in [0.1, 0.15) is 5.82 Å². The van der Waals surface area contributed by atoms with E-state index in [-0.39, 0.29) is 6.29 Å². The molecule has 0 N–H and O–H groups in total. The van der Waals surface area contributed by atoms with Crippen molar-refractivity contribution in [2.24, 2.45) is 0 Å². The number of para-hydroxylation sites is 1. The summed E-state index contributed by atoms with van der Waals surface area (Å²) in [5, 5.41) is 1.17. The number of rotatable bonds is 5. The summed E-state index contributed by atoms with van der Waals surface area (Å²) >= 11 is 0. The molecule has 5 heteroatoms. The first-order valence-electron chi connectivity index (χ1n) is 10.9. The second-order valence-corrected chi connectivity index (χ2v) is 8.22. The summed E-state index contributed by atoms with van der Waals surface area (Å²) in [6, 6.07) is 19.1. The van der Waals surface area contributed by atoms with Crippen LogP contribution in [0.25, 0.3) is 22.0 Å². The van der Waals surface area contributed by atoms with E-state index in [4.69, 9.17) is 14.5 Å². The van der Waals surface area contributed by atoms with Gasteiger partial charge in [0, 0.05) is 55.7 Å². The molecule has 0 amide bonds. The molecule has 2 aliphatic heterocycles. The third kappa shape index (κ3) is 3.93. The molecular formula is C25H29N3O2. The first kappa shape index (κ1) is 19.5. The Morgan fingerprint density at radius 2 is 1.77 bits per heavy atom. The van der Waals surface area contributed by atoms with Crippen LogP contribution in [0.5, 0.6) is 0 Å². The molecule has 0 spiro atoms. The smallest absolute Gasteiger partial charge is 0.158 e. The first-order chi connectivity index (χ1) is 14.8. The van der Waals surface area contributed by atoms with E-state index in [2.05, 4.69) is 71.4 Å². The van der Waals surface area contributed by atoms with Crippen LogP contribution in [-0.4, -0.2) is 56.0 Å². The fourth-order valence-electron chi connectivity index (χ4n) is 4.45. The van der Waals surface area contributed by atoms with Crippen molar-refractivity contribution >= 4 is 16.7 Å². The van der Waals surface area contributed by atoms with Crippen LogP contribution < -0.4 is 4.90 Å². The summed E-state index contributed by atoms with van der Waals surface area (Å²) < 4.78 is 12.0. The quantitative estimate of drug-likeness (QED) is 0.635. The number of fused-ring (bicyclic) bond motifs is 1. The van der Waals surface area contributed by atoms with E-state index in [9.17, 15) is 0 Å². The average molecular weight is 404 g/mol. The van der Waals surface area contributed by atoms with Gasteiger partial charge in [-0.15, -0.1) is 0 Å². The zero-order valence-corrected chi connectivity index (χ0v) is 17.6. The molecule has 3 aromatic rings. The molecule has 0 radical (unpaired) electrons. The third-order valence-corrected chi connectivity index (χ3v) is 6.14. The maximum Gasteiger partial charge on any atom is 0.158 e. The lowest BCUT2D eigenvalue weighted by molar-refractivity contribution is -0.118. The molecule has 0 saturated carbocycles. The van der Waals surface area contributed by atoms with E-state index in [1.165, 1.54) is 22.1 Å². The van der Waals surface area contributed by atoms with Gasteiger partial charge in [0.2, 0.25) is 0 Å². The van der Waals surface area contributed by atoms with Crippen molar-refractivity contribution in [2.45, 2.75) is 25.7 Å². The minimum absolute atomic E-state index is 0.111. The predicted molar refractivity (Wildman–Crippen MR) is 121 cm³/mol. The molecule has 1 aromatic heterocycles. The Morgan fingerprint density at radius 1 is 1.00 bits per heavy atom. The zero-order chi connectivity index (χ0) is 20.3. The van der Waals surface area contributed by atoms with Crippen LogP contribution in [0.1, 0.15) is 18.4 Å². The van der Waals surface area contributed by atoms with Gasteiger partial charge in [0.05, 0.1) is 12.1 Å². The van der Waals surface area contributed by atoms with Gasteiger partial charge in [-0.2, -0.15) is 0 Å². The van der Waals surface area contributed by atoms with Crippen LogP contribution in [0.4, 0.5) is 5.82 Å². The topological polar surface area (TPSA) is 37.8 Å². The van der Waals surface area contributed by atoms with Crippen LogP contribution in [-0.2, 0) is 16.1 Å². The highest BCUT2D eigenvalue weighted by Gasteiger charge is 2.25. The van der Waals surface area contributed by atoms with Gasteiger partial charge in [0.15, 0.2) is 6.29 Å². The summed E-state index contributed by atoms with van der Waals surface area (Å²) in [7, 11) is 2.18. The van der Waals surface area contributed by atoms with Crippen molar-refractivity contribution in [3.05, 3.63) is 60.2 Å². The van der Waals surface area contributed by atoms with Gasteiger partial charge in [0.25, 0.3) is 0 Å². The number of ether oxygens (including phenoxy) is 2. The number of hydrogen-bond acceptors (Lipinski definition) is 5. The van der Waals surface area contributed by atoms with Crippen LogP contribution >= 0.6 is 0 Å². The van der Waals surface area contributed by atoms with E-state index in [0.717, 1.165) is 57.0 Å². The van der Waals surface area contributed by atoms with E-state index < -0.39 is 0 Å². The fraction of sp³-hybridized carbons (Fsp3) is 0.400. The predicted octanol–water partition coefficient (Wildman–Crippen LogP) is 4.31. The van der Waals surface area contributed by atoms with Crippen molar-refractivity contribution in [3.63, 3.8) is 0 Å². The minimum atomic E-state index is -0.111. The standard InChI is InChI=1S/C25H29N3O2/c1-27-13-15-28(16-14-27)25-21(18-30-23-12-7-17-29-23)24(19-8-3-2-4-9-19)20-10-5-6-11-22(20)26-25/h2-6,8-11,23H,7,12-18H2,1H3. The SMILES string of the molecule is CN1CCN(c2nc3ccccc3c(-c3ccccc3)c2COC2CCCO2)CC1. The molecule has 2 saturated heterocycles. The largest absolute Gasteiger partial charge is 0.354 e. The number of hydrogen-bond donors (Lipinski definition) is 0. The van der Waals surface area contributed by atoms with Crippen LogP contribution in [0.2, 0.25) is 0 Å². The molecule has 0 bridgehead atoms. The van der Waals surface area contributed by atoms with Crippen molar-refractivity contribution in [1.82, 2.24) is 9.88 Å². The number of benzene rings is 2. The third-order valence-electron chi connectivity index (χ3n) is 6.14. The zero-order valence-electron chi connectivity index (χ0n) is 17.6.